The predicted octanol–water partition coefficient (Wildman–Crippen LogP) is 3.54. The van der Waals surface area contributed by atoms with E-state index in [0.717, 1.165) is 25.3 Å². The van der Waals surface area contributed by atoms with Crippen LogP contribution in [0.15, 0.2) is 18.2 Å². The fraction of sp³-hybridized carbons (Fsp3) is 0.417. The van der Waals surface area contributed by atoms with Crippen molar-refractivity contribution in [3.05, 3.63) is 29.3 Å². The second kappa shape index (κ2) is 4.28. The average molecular weight is 240 g/mol. The number of nitrogens with zero attached hydrogens (tertiary/aromatic N) is 1. The molecule has 0 unspecified atom stereocenters. The van der Waals surface area contributed by atoms with Crippen molar-refractivity contribution in [1.82, 2.24) is 0 Å². The molecule has 1 fully saturated rings. The Morgan fingerprint density at radius 1 is 1.29 bits per heavy atom. The molecular weight excluding hydrogens is 229 g/mol. The lowest BCUT2D eigenvalue weighted by Gasteiger charge is -2.27. The molecule has 0 bridgehead atoms. The van der Waals surface area contributed by atoms with Gasteiger partial charge < -0.3 is 5.32 Å². The van der Waals surface area contributed by atoms with Gasteiger partial charge in [-0.3, -0.25) is 0 Å². The van der Waals surface area contributed by atoms with Gasteiger partial charge in [-0.1, -0.05) is 0 Å². The topological polar surface area (TPSA) is 35.8 Å². The molecule has 0 aromatic heterocycles. The maximum atomic E-state index is 12.7. The molecule has 1 aliphatic rings. The van der Waals surface area contributed by atoms with E-state index in [9.17, 15) is 13.2 Å². The first-order valence-corrected chi connectivity index (χ1v) is 5.38. The van der Waals surface area contributed by atoms with Crippen molar-refractivity contribution >= 4 is 5.69 Å². The molecule has 2 nitrogen and oxygen atoms in total. The number of alkyl halides is 3. The largest absolute Gasteiger partial charge is 0.417 e. The highest BCUT2D eigenvalue weighted by atomic mass is 19.4. The van der Waals surface area contributed by atoms with Gasteiger partial charge in [0.2, 0.25) is 0 Å². The fourth-order valence-electron chi connectivity index (χ4n) is 1.75. The van der Waals surface area contributed by atoms with E-state index in [4.69, 9.17) is 5.26 Å². The summed E-state index contributed by atoms with van der Waals surface area (Å²) in [6, 6.07) is 5.57. The number of nitriles is 1. The second-order valence-electron chi connectivity index (χ2n) is 4.14. The lowest BCUT2D eigenvalue weighted by molar-refractivity contribution is -0.137. The summed E-state index contributed by atoms with van der Waals surface area (Å²) in [6.07, 6.45) is -1.40. The van der Waals surface area contributed by atoms with Crippen LogP contribution in [0.4, 0.5) is 18.9 Å². The molecule has 0 radical (unpaired) electrons. The number of benzene rings is 1. The molecule has 17 heavy (non-hydrogen) atoms. The number of nitrogens with one attached hydrogen (secondary N) is 1. The highest BCUT2D eigenvalue weighted by Gasteiger charge is 2.34. The molecule has 0 amide bonds. The van der Waals surface area contributed by atoms with E-state index in [1.807, 2.05) is 0 Å². The van der Waals surface area contributed by atoms with E-state index in [2.05, 4.69) is 5.32 Å². The van der Waals surface area contributed by atoms with Crippen molar-refractivity contribution in [3.63, 3.8) is 0 Å². The number of hydrogen-bond acceptors (Lipinski definition) is 2. The molecule has 5 heteroatoms. The minimum Gasteiger partial charge on any atom is -0.382 e. The summed E-state index contributed by atoms with van der Waals surface area (Å²) in [5.74, 6) is 0. The summed E-state index contributed by atoms with van der Waals surface area (Å²) in [5.41, 5.74) is -0.776. The molecule has 0 spiro atoms. The van der Waals surface area contributed by atoms with Crippen LogP contribution in [0, 0.1) is 11.3 Å². The molecule has 0 heterocycles. The van der Waals surface area contributed by atoms with Gasteiger partial charge in [0.15, 0.2) is 0 Å². The van der Waals surface area contributed by atoms with Crippen LogP contribution in [-0.2, 0) is 6.18 Å². The third kappa shape index (κ3) is 2.52. The Bertz CT molecular complexity index is 456. The minimum atomic E-state index is -4.48. The van der Waals surface area contributed by atoms with Crippen molar-refractivity contribution < 1.29 is 13.2 Å². The van der Waals surface area contributed by atoms with Gasteiger partial charge in [0.25, 0.3) is 0 Å². The molecule has 0 atom stereocenters. The Morgan fingerprint density at radius 3 is 2.47 bits per heavy atom. The van der Waals surface area contributed by atoms with Gasteiger partial charge in [-0.15, -0.1) is 0 Å². The molecule has 2 rings (SSSR count). The summed E-state index contributed by atoms with van der Waals surface area (Å²) in [5, 5.41) is 11.7. The van der Waals surface area contributed by atoms with E-state index in [1.165, 1.54) is 12.1 Å². The predicted molar refractivity (Wildman–Crippen MR) is 57.4 cm³/mol. The summed E-state index contributed by atoms with van der Waals surface area (Å²) < 4.78 is 38.0. The standard InChI is InChI=1S/C12H11F3N2/c13-12(14,15)11-6-10(5-4-8(11)7-16)17-9-2-1-3-9/h4-6,9,17H,1-3H2. The van der Waals surface area contributed by atoms with Crippen LogP contribution in [-0.4, -0.2) is 6.04 Å². The molecule has 1 aromatic rings. The zero-order valence-electron chi connectivity index (χ0n) is 9.01. The third-order valence-corrected chi connectivity index (χ3v) is 2.92. The van der Waals surface area contributed by atoms with Gasteiger partial charge in [0.05, 0.1) is 17.2 Å². The smallest absolute Gasteiger partial charge is 0.382 e. The highest BCUT2D eigenvalue weighted by Crippen LogP contribution is 2.34. The van der Waals surface area contributed by atoms with E-state index < -0.39 is 11.7 Å². The van der Waals surface area contributed by atoms with Gasteiger partial charge in [-0.05, 0) is 37.5 Å². The SMILES string of the molecule is N#Cc1ccc(NC2CCC2)cc1C(F)(F)F. The average Bonchev–Trinajstić information content (AvgIpc) is 2.22. The molecule has 1 aromatic carbocycles. The van der Waals surface area contributed by atoms with E-state index >= 15 is 0 Å². The zero-order valence-corrected chi connectivity index (χ0v) is 9.01. The molecule has 1 aliphatic carbocycles. The van der Waals surface area contributed by atoms with Gasteiger partial charge in [-0.2, -0.15) is 18.4 Å². The van der Waals surface area contributed by atoms with Crippen molar-refractivity contribution in [1.29, 1.82) is 5.26 Å². The first kappa shape index (κ1) is 11.8. The van der Waals surface area contributed by atoms with Crippen molar-refractivity contribution in [3.8, 4) is 6.07 Å². The summed E-state index contributed by atoms with van der Waals surface area (Å²) in [6.45, 7) is 0. The van der Waals surface area contributed by atoms with Crippen LogP contribution in [0.5, 0.6) is 0 Å². The van der Waals surface area contributed by atoms with Crippen LogP contribution in [0.25, 0.3) is 0 Å². The Labute approximate surface area is 97.1 Å². The number of rotatable bonds is 2. The molecule has 0 aliphatic heterocycles. The normalized spacial score (nSPS) is 16.1. The first-order valence-electron chi connectivity index (χ1n) is 5.38. The van der Waals surface area contributed by atoms with Crippen molar-refractivity contribution in [2.45, 2.75) is 31.5 Å². The highest BCUT2D eigenvalue weighted by molar-refractivity contribution is 5.53. The molecule has 90 valence electrons. The second-order valence-corrected chi connectivity index (χ2v) is 4.14. The quantitative estimate of drug-likeness (QED) is 0.858. The Balaban J connectivity index is 2.28. The summed E-state index contributed by atoms with van der Waals surface area (Å²) in [4.78, 5) is 0. The van der Waals surface area contributed by atoms with Gasteiger partial charge >= 0.3 is 6.18 Å². The minimum absolute atomic E-state index is 0.268. The fourth-order valence-corrected chi connectivity index (χ4v) is 1.75. The van der Waals surface area contributed by atoms with Crippen LogP contribution in [0.2, 0.25) is 0 Å². The number of halogens is 3. The van der Waals surface area contributed by atoms with E-state index in [-0.39, 0.29) is 11.6 Å². The summed E-state index contributed by atoms with van der Waals surface area (Å²) in [7, 11) is 0. The Kier molecular flexibility index (Phi) is 2.97. The van der Waals surface area contributed by atoms with Crippen molar-refractivity contribution in [2.24, 2.45) is 0 Å². The third-order valence-electron chi connectivity index (χ3n) is 2.92. The molecule has 1 N–H and O–H groups in total. The van der Waals surface area contributed by atoms with Crippen molar-refractivity contribution in [2.75, 3.05) is 5.32 Å². The molecular formula is C12H11F3N2. The lowest BCUT2D eigenvalue weighted by Crippen LogP contribution is -2.27. The number of hydrogen-bond donors (Lipinski definition) is 1. The Hall–Kier alpha value is -1.70. The van der Waals surface area contributed by atoms with Gasteiger partial charge in [0.1, 0.15) is 0 Å². The zero-order chi connectivity index (χ0) is 12.5. The lowest BCUT2D eigenvalue weighted by atomic mass is 9.93. The van der Waals surface area contributed by atoms with Crippen LogP contribution < -0.4 is 5.32 Å². The van der Waals surface area contributed by atoms with E-state index in [0.29, 0.717) is 5.69 Å². The maximum absolute atomic E-state index is 12.7. The van der Waals surface area contributed by atoms with E-state index in [1.54, 1.807) is 6.07 Å². The Morgan fingerprint density at radius 2 is 2.00 bits per heavy atom. The number of anilines is 1. The van der Waals surface area contributed by atoms with Gasteiger partial charge in [0, 0.05) is 11.7 Å². The summed E-state index contributed by atoms with van der Waals surface area (Å²) >= 11 is 0. The van der Waals surface area contributed by atoms with Gasteiger partial charge in [-0.25, -0.2) is 0 Å². The maximum Gasteiger partial charge on any atom is 0.417 e. The van der Waals surface area contributed by atoms with Crippen LogP contribution >= 0.6 is 0 Å². The first-order chi connectivity index (χ1) is 8.00. The molecule has 1 saturated carbocycles. The van der Waals surface area contributed by atoms with Crippen LogP contribution in [0.3, 0.4) is 0 Å². The van der Waals surface area contributed by atoms with Crippen LogP contribution in [0.1, 0.15) is 30.4 Å². The molecule has 0 saturated heterocycles. The monoisotopic (exact) mass is 240 g/mol.